The molecule has 1 saturated carbocycles. The minimum Gasteiger partial charge on any atom is -0.393 e. The van der Waals surface area contributed by atoms with Crippen molar-refractivity contribution in [3.8, 4) is 22.8 Å². The number of aliphatic hydroxyl groups excluding tert-OH is 1. The summed E-state index contributed by atoms with van der Waals surface area (Å²) < 4.78 is 34.1. The fourth-order valence-corrected chi connectivity index (χ4v) is 5.22. The van der Waals surface area contributed by atoms with Crippen LogP contribution in [0.3, 0.4) is 0 Å². The molecule has 4 N–H and O–H groups in total. The van der Waals surface area contributed by atoms with Crippen molar-refractivity contribution in [2.75, 3.05) is 5.73 Å². The van der Waals surface area contributed by atoms with Crippen LogP contribution in [0.4, 0.5) is 5.82 Å². The van der Waals surface area contributed by atoms with Crippen LogP contribution < -0.4 is 10.5 Å². The number of aliphatic hydroxyl groups is 1. The molecule has 1 aliphatic carbocycles. The summed E-state index contributed by atoms with van der Waals surface area (Å²) in [5, 5.41) is 13.6. The highest BCUT2D eigenvalue weighted by atomic mass is 32.2. The van der Waals surface area contributed by atoms with Gasteiger partial charge >= 0.3 is 0 Å². The second-order valence-corrected chi connectivity index (χ2v) is 10.1. The Kier molecular flexibility index (Phi) is 6.73. The number of nitrogens with two attached hydrogens (primary N) is 1. The molecule has 0 saturated heterocycles. The summed E-state index contributed by atoms with van der Waals surface area (Å²) in [7, 11) is -3.74. The van der Waals surface area contributed by atoms with Crippen molar-refractivity contribution >= 4 is 15.8 Å². The third kappa shape index (κ3) is 5.21. The molecule has 4 rings (SSSR count). The molecule has 33 heavy (non-hydrogen) atoms. The summed E-state index contributed by atoms with van der Waals surface area (Å²) in [4.78, 5) is 13.3. The Morgan fingerprint density at radius 1 is 1.21 bits per heavy atom. The highest BCUT2D eigenvalue weighted by Gasteiger charge is 2.25. The number of anilines is 1. The fraction of sp³-hybridized carbons (Fsp3) is 0.455. The Bertz CT molecular complexity index is 1240. The minimum absolute atomic E-state index is 0.136. The quantitative estimate of drug-likeness (QED) is 0.470. The molecule has 10 nitrogen and oxygen atoms in total. The first-order chi connectivity index (χ1) is 15.8. The largest absolute Gasteiger partial charge is 0.393 e. The molecule has 2 aromatic heterocycles. The van der Waals surface area contributed by atoms with Crippen molar-refractivity contribution in [3.05, 3.63) is 35.8 Å². The number of rotatable bonds is 7. The normalized spacial score (nSPS) is 19.0. The first-order valence-electron chi connectivity index (χ1n) is 11.0. The number of benzene rings is 1. The molecular formula is C22H28N6O4S. The van der Waals surface area contributed by atoms with Gasteiger partial charge in [-0.25, -0.2) is 23.1 Å². The molecule has 11 heteroatoms. The van der Waals surface area contributed by atoms with Crippen molar-refractivity contribution in [2.45, 2.75) is 69.4 Å². The van der Waals surface area contributed by atoms with Crippen LogP contribution in [0.2, 0.25) is 0 Å². The number of nitrogens with one attached hydrogen (secondary N) is 1. The second-order valence-electron chi connectivity index (χ2n) is 8.36. The molecule has 0 atom stereocenters. The molecule has 0 aliphatic heterocycles. The SMILES string of the molecule is CCCc1noc(-c2nc(-c3cc(S(=O)(=O)NC4CCC(O)CC4)ccc3C)cnc2N)n1. The molecule has 1 aromatic carbocycles. The lowest BCUT2D eigenvalue weighted by Gasteiger charge is -2.26. The molecule has 0 unspecified atom stereocenters. The predicted octanol–water partition coefficient (Wildman–Crippen LogP) is 2.62. The number of nitrogen functional groups attached to an aromatic ring is 1. The molecule has 2 heterocycles. The van der Waals surface area contributed by atoms with Crippen LogP contribution in [-0.4, -0.2) is 45.8 Å². The van der Waals surface area contributed by atoms with Crippen molar-refractivity contribution in [1.82, 2.24) is 24.8 Å². The van der Waals surface area contributed by atoms with Gasteiger partial charge in [0.15, 0.2) is 17.3 Å². The summed E-state index contributed by atoms with van der Waals surface area (Å²) in [5.41, 5.74) is 8.16. The summed E-state index contributed by atoms with van der Waals surface area (Å²) in [6.07, 6.45) is 5.08. The Morgan fingerprint density at radius 3 is 2.70 bits per heavy atom. The number of hydrogen-bond donors (Lipinski definition) is 3. The molecule has 0 bridgehead atoms. The van der Waals surface area contributed by atoms with Gasteiger partial charge in [-0.3, -0.25) is 0 Å². The van der Waals surface area contributed by atoms with E-state index in [2.05, 4.69) is 24.8 Å². The highest BCUT2D eigenvalue weighted by Crippen LogP contribution is 2.29. The molecule has 0 radical (unpaired) electrons. The summed E-state index contributed by atoms with van der Waals surface area (Å²) in [6, 6.07) is 4.69. The van der Waals surface area contributed by atoms with Gasteiger partial charge in [0.2, 0.25) is 10.0 Å². The number of aromatic nitrogens is 4. The molecule has 1 fully saturated rings. The van der Waals surface area contributed by atoms with Gasteiger partial charge in [0.25, 0.3) is 5.89 Å². The summed E-state index contributed by atoms with van der Waals surface area (Å²) in [6.45, 7) is 3.88. The van der Waals surface area contributed by atoms with Crippen LogP contribution in [0.5, 0.6) is 0 Å². The zero-order valence-electron chi connectivity index (χ0n) is 18.7. The maximum Gasteiger partial charge on any atom is 0.280 e. The first-order valence-corrected chi connectivity index (χ1v) is 12.5. The standard InChI is InChI=1S/C22H28N6O4S/c1-3-4-19-26-22(32-27-19)20-21(23)24-12-18(25-20)17-11-16(10-5-13(17)2)33(30,31)28-14-6-8-15(29)9-7-14/h5,10-12,14-15,28-29H,3-4,6-9H2,1-2H3,(H2,23,24). The first kappa shape index (κ1) is 23.3. The highest BCUT2D eigenvalue weighted by molar-refractivity contribution is 7.89. The van der Waals surface area contributed by atoms with Crippen LogP contribution >= 0.6 is 0 Å². The zero-order chi connectivity index (χ0) is 23.6. The Hall–Kier alpha value is -2.89. The lowest BCUT2D eigenvalue weighted by Crippen LogP contribution is -2.38. The van der Waals surface area contributed by atoms with Crippen molar-refractivity contribution in [1.29, 1.82) is 0 Å². The van der Waals surface area contributed by atoms with E-state index in [9.17, 15) is 13.5 Å². The zero-order valence-corrected chi connectivity index (χ0v) is 19.5. The number of hydrogen-bond acceptors (Lipinski definition) is 9. The average molecular weight is 473 g/mol. The summed E-state index contributed by atoms with van der Waals surface area (Å²) in [5.74, 6) is 0.880. The van der Waals surface area contributed by atoms with Crippen LogP contribution in [0.25, 0.3) is 22.8 Å². The van der Waals surface area contributed by atoms with Crippen LogP contribution in [0, 0.1) is 6.92 Å². The van der Waals surface area contributed by atoms with E-state index in [-0.39, 0.29) is 34.4 Å². The van der Waals surface area contributed by atoms with Crippen LogP contribution in [0.15, 0.2) is 33.8 Å². The fourth-order valence-electron chi connectivity index (χ4n) is 3.89. The maximum absolute atomic E-state index is 13.0. The van der Waals surface area contributed by atoms with Crippen LogP contribution in [0.1, 0.15) is 50.4 Å². The van der Waals surface area contributed by atoms with Gasteiger partial charge in [-0.05, 0) is 56.7 Å². The summed E-state index contributed by atoms with van der Waals surface area (Å²) >= 11 is 0. The molecule has 176 valence electrons. The molecule has 3 aromatic rings. The number of aryl methyl sites for hydroxylation is 2. The lowest BCUT2D eigenvalue weighted by atomic mass is 9.94. The van der Waals surface area contributed by atoms with Gasteiger partial charge in [-0.1, -0.05) is 18.1 Å². The van der Waals surface area contributed by atoms with Crippen molar-refractivity contribution in [3.63, 3.8) is 0 Å². The van der Waals surface area contributed by atoms with E-state index in [1.165, 1.54) is 6.20 Å². The smallest absolute Gasteiger partial charge is 0.280 e. The van der Waals surface area contributed by atoms with E-state index in [0.29, 0.717) is 49.2 Å². The van der Waals surface area contributed by atoms with Crippen molar-refractivity contribution in [2.24, 2.45) is 0 Å². The van der Waals surface area contributed by atoms with E-state index in [0.717, 1.165) is 12.0 Å². The van der Waals surface area contributed by atoms with Gasteiger partial charge in [-0.2, -0.15) is 4.98 Å². The second kappa shape index (κ2) is 9.54. The lowest BCUT2D eigenvalue weighted by molar-refractivity contribution is 0.120. The van der Waals surface area contributed by atoms with E-state index >= 15 is 0 Å². The Labute approximate surface area is 192 Å². The topological polar surface area (TPSA) is 157 Å². The van der Waals surface area contributed by atoms with Gasteiger partial charge in [-0.15, -0.1) is 0 Å². The third-order valence-corrected chi connectivity index (χ3v) is 7.28. The van der Waals surface area contributed by atoms with Gasteiger partial charge in [0.05, 0.1) is 22.9 Å². The van der Waals surface area contributed by atoms with E-state index in [1.54, 1.807) is 18.2 Å². The van der Waals surface area contributed by atoms with E-state index < -0.39 is 10.0 Å². The minimum atomic E-state index is -3.74. The van der Waals surface area contributed by atoms with Gasteiger partial charge < -0.3 is 15.4 Å². The Balaban J connectivity index is 1.65. The predicted molar refractivity (Wildman–Crippen MR) is 122 cm³/mol. The monoisotopic (exact) mass is 472 g/mol. The van der Waals surface area contributed by atoms with Crippen molar-refractivity contribution < 1.29 is 18.0 Å². The molecule has 1 aliphatic rings. The van der Waals surface area contributed by atoms with Gasteiger partial charge in [0, 0.05) is 18.0 Å². The third-order valence-electron chi connectivity index (χ3n) is 5.76. The number of sulfonamides is 1. The van der Waals surface area contributed by atoms with Gasteiger partial charge in [0.1, 0.15) is 0 Å². The molecule has 0 amide bonds. The van der Waals surface area contributed by atoms with E-state index in [1.807, 2.05) is 13.8 Å². The average Bonchev–Trinajstić information content (AvgIpc) is 3.24. The maximum atomic E-state index is 13.0. The molecular weight excluding hydrogens is 444 g/mol. The van der Waals surface area contributed by atoms with E-state index in [4.69, 9.17) is 10.3 Å². The number of nitrogens with zero attached hydrogens (tertiary/aromatic N) is 4. The van der Waals surface area contributed by atoms with Crippen LogP contribution in [-0.2, 0) is 16.4 Å². The molecule has 0 spiro atoms. The Morgan fingerprint density at radius 2 is 1.97 bits per heavy atom.